The van der Waals surface area contributed by atoms with E-state index in [1.54, 1.807) is 0 Å². The van der Waals surface area contributed by atoms with Gasteiger partial charge < -0.3 is 5.73 Å². The van der Waals surface area contributed by atoms with E-state index >= 15 is 0 Å². The second-order valence-electron chi connectivity index (χ2n) is 3.27. The topological polar surface area (TPSA) is 26.0 Å². The van der Waals surface area contributed by atoms with Crippen LogP contribution >= 0.6 is 15.9 Å². The van der Waals surface area contributed by atoms with Crippen LogP contribution in [0.15, 0.2) is 28.7 Å². The third kappa shape index (κ3) is 3.46. The molecule has 1 nitrogen and oxygen atoms in total. The zero-order valence-electron chi connectivity index (χ0n) is 7.39. The molecule has 16 heavy (non-hydrogen) atoms. The summed E-state index contributed by atoms with van der Waals surface area (Å²) < 4.78 is 1.15. The van der Waals surface area contributed by atoms with Crippen LogP contribution in [0.1, 0.15) is 39.8 Å². The third-order valence-electron chi connectivity index (χ3n) is 2.40. The van der Waals surface area contributed by atoms with Gasteiger partial charge in [-0.15, -0.1) is 0 Å². The number of benzene rings is 1. The zero-order chi connectivity index (χ0) is 9.26. The summed E-state index contributed by atoms with van der Waals surface area (Å²) in [5.74, 6) is 0. The van der Waals surface area contributed by atoms with Crippen molar-refractivity contribution < 1.29 is 0 Å². The van der Waals surface area contributed by atoms with Crippen molar-refractivity contribution in [1.29, 1.82) is 0 Å². The van der Waals surface area contributed by atoms with Gasteiger partial charge in [0.25, 0.3) is 0 Å². The van der Waals surface area contributed by atoms with Gasteiger partial charge in [-0.05, 0) is 48.2 Å². The first-order chi connectivity index (χ1) is 6.31. The maximum Gasteiger partial charge on any atom is 0.0181 e. The largest absolute Gasteiger partial charge is 0.330 e. The summed E-state index contributed by atoms with van der Waals surface area (Å²) in [6.45, 7) is 0.734. The molecule has 92 valence electrons. The number of fused-ring (bicyclic) bond motifs is 1. The highest BCUT2D eigenvalue weighted by Gasteiger charge is 2.12. The predicted octanol–water partition coefficient (Wildman–Crippen LogP) is 4.65. The Hall–Kier alpha value is -0.600. The van der Waals surface area contributed by atoms with E-state index < -0.39 is 0 Å². The van der Waals surface area contributed by atoms with E-state index in [2.05, 4.69) is 40.2 Å². The fourth-order valence-electron chi connectivity index (χ4n) is 1.76. The molecule has 2 rings (SSSR count). The normalized spacial score (nSPS) is 11.5. The van der Waals surface area contributed by atoms with E-state index in [4.69, 9.17) is 5.73 Å². The van der Waals surface area contributed by atoms with E-state index in [-0.39, 0.29) is 22.3 Å². The Kier molecular flexibility index (Phi) is 8.49. The summed E-state index contributed by atoms with van der Waals surface area (Å²) in [5, 5.41) is 0. The van der Waals surface area contributed by atoms with Gasteiger partial charge >= 0.3 is 0 Å². The lowest BCUT2D eigenvalue weighted by atomic mass is 10.0. The molecule has 0 saturated heterocycles. The lowest BCUT2D eigenvalue weighted by Crippen LogP contribution is -1.99. The lowest BCUT2D eigenvalue weighted by molar-refractivity contribution is 1.02. The fraction of sp³-hybridized carbons (Fsp3) is 0.429. The van der Waals surface area contributed by atoms with Crippen LogP contribution in [0.25, 0.3) is 5.57 Å². The number of rotatable bonds is 2. The number of halogens is 1. The molecular formula is C14H24BrN. The standard InChI is InChI=1S/C11H12BrN.3CH4/c12-10-4-3-8-1-2-9(5-6-13)11(8)7-10;;;/h2-4,7H,1,5-6,13H2;3*1H4. The van der Waals surface area contributed by atoms with Gasteiger partial charge in [-0.25, -0.2) is 0 Å². The van der Waals surface area contributed by atoms with Gasteiger partial charge in [0, 0.05) is 4.47 Å². The van der Waals surface area contributed by atoms with Crippen LogP contribution < -0.4 is 5.73 Å². The smallest absolute Gasteiger partial charge is 0.0181 e. The van der Waals surface area contributed by atoms with Crippen molar-refractivity contribution in [2.75, 3.05) is 6.54 Å². The molecular weight excluding hydrogens is 262 g/mol. The monoisotopic (exact) mass is 285 g/mol. The first-order valence-electron chi connectivity index (χ1n) is 4.49. The Morgan fingerprint density at radius 1 is 1.19 bits per heavy atom. The molecule has 0 saturated carbocycles. The minimum Gasteiger partial charge on any atom is -0.330 e. The lowest BCUT2D eigenvalue weighted by Gasteiger charge is -2.04. The SMILES string of the molecule is C.C.C.NCCC1=CCc2ccc(Br)cc21. The Bertz CT molecular complexity index is 356. The molecule has 1 aromatic rings. The highest BCUT2D eigenvalue weighted by atomic mass is 79.9. The number of allylic oxidation sites excluding steroid dienone is 1. The number of hydrogen-bond donors (Lipinski definition) is 1. The van der Waals surface area contributed by atoms with Gasteiger partial charge in [0.2, 0.25) is 0 Å². The van der Waals surface area contributed by atoms with Crippen molar-refractivity contribution in [2.24, 2.45) is 5.73 Å². The molecule has 0 fully saturated rings. The molecule has 1 aliphatic carbocycles. The molecule has 0 heterocycles. The third-order valence-corrected chi connectivity index (χ3v) is 2.89. The summed E-state index contributed by atoms with van der Waals surface area (Å²) in [6, 6.07) is 6.46. The molecule has 0 unspecified atom stereocenters. The number of hydrogen-bond acceptors (Lipinski definition) is 1. The molecule has 0 amide bonds. The van der Waals surface area contributed by atoms with Crippen molar-refractivity contribution >= 4 is 21.5 Å². The minimum atomic E-state index is 0. The van der Waals surface area contributed by atoms with Gasteiger partial charge in [0.15, 0.2) is 0 Å². The van der Waals surface area contributed by atoms with Crippen molar-refractivity contribution in [3.05, 3.63) is 39.9 Å². The van der Waals surface area contributed by atoms with Crippen LogP contribution in [0.4, 0.5) is 0 Å². The Balaban J connectivity index is 0. The molecule has 1 aliphatic rings. The van der Waals surface area contributed by atoms with E-state index in [9.17, 15) is 0 Å². The summed E-state index contributed by atoms with van der Waals surface area (Å²) in [4.78, 5) is 0. The first-order valence-corrected chi connectivity index (χ1v) is 5.28. The van der Waals surface area contributed by atoms with Gasteiger partial charge in [-0.2, -0.15) is 0 Å². The summed E-state index contributed by atoms with van der Waals surface area (Å²) in [5.41, 5.74) is 9.75. The molecule has 1 aromatic carbocycles. The minimum absolute atomic E-state index is 0. The zero-order valence-corrected chi connectivity index (χ0v) is 8.97. The number of nitrogens with two attached hydrogens (primary N) is 1. The van der Waals surface area contributed by atoms with Crippen LogP contribution in [0.2, 0.25) is 0 Å². The van der Waals surface area contributed by atoms with E-state index in [0.717, 1.165) is 23.9 Å². The van der Waals surface area contributed by atoms with E-state index in [1.807, 2.05) is 0 Å². The molecule has 2 heteroatoms. The summed E-state index contributed by atoms with van der Waals surface area (Å²) >= 11 is 3.49. The van der Waals surface area contributed by atoms with Crippen molar-refractivity contribution in [1.82, 2.24) is 0 Å². The molecule has 0 radical (unpaired) electrons. The Morgan fingerprint density at radius 3 is 2.50 bits per heavy atom. The molecule has 0 aromatic heterocycles. The predicted molar refractivity (Wildman–Crippen MR) is 79.7 cm³/mol. The molecule has 0 aliphatic heterocycles. The summed E-state index contributed by atoms with van der Waals surface area (Å²) in [6.07, 6.45) is 4.34. The van der Waals surface area contributed by atoms with Crippen molar-refractivity contribution in [2.45, 2.75) is 35.1 Å². The highest BCUT2D eigenvalue weighted by Crippen LogP contribution is 2.31. The Labute approximate surface area is 109 Å². The molecule has 0 atom stereocenters. The van der Waals surface area contributed by atoms with Gasteiger partial charge in [-0.3, -0.25) is 0 Å². The molecule has 2 N–H and O–H groups in total. The fourth-order valence-corrected chi connectivity index (χ4v) is 2.12. The second kappa shape index (κ2) is 7.64. The van der Waals surface area contributed by atoms with Gasteiger partial charge in [-0.1, -0.05) is 50.4 Å². The van der Waals surface area contributed by atoms with Gasteiger partial charge in [0.05, 0.1) is 0 Å². The molecule has 0 bridgehead atoms. The quantitative estimate of drug-likeness (QED) is 0.841. The van der Waals surface area contributed by atoms with Crippen LogP contribution in [0.5, 0.6) is 0 Å². The summed E-state index contributed by atoms with van der Waals surface area (Å²) in [7, 11) is 0. The average Bonchev–Trinajstić information content (AvgIpc) is 2.49. The maximum atomic E-state index is 5.55. The van der Waals surface area contributed by atoms with Crippen LogP contribution in [-0.2, 0) is 6.42 Å². The maximum absolute atomic E-state index is 5.55. The van der Waals surface area contributed by atoms with Gasteiger partial charge in [0.1, 0.15) is 0 Å². The van der Waals surface area contributed by atoms with Crippen molar-refractivity contribution in [3.8, 4) is 0 Å². The second-order valence-corrected chi connectivity index (χ2v) is 4.19. The Morgan fingerprint density at radius 2 is 1.88 bits per heavy atom. The van der Waals surface area contributed by atoms with Crippen molar-refractivity contribution in [3.63, 3.8) is 0 Å². The van der Waals surface area contributed by atoms with E-state index in [0.29, 0.717) is 0 Å². The van der Waals surface area contributed by atoms with Crippen LogP contribution in [0.3, 0.4) is 0 Å². The van der Waals surface area contributed by atoms with Crippen LogP contribution in [0, 0.1) is 0 Å². The molecule has 0 spiro atoms. The highest BCUT2D eigenvalue weighted by molar-refractivity contribution is 9.10. The van der Waals surface area contributed by atoms with Crippen LogP contribution in [-0.4, -0.2) is 6.54 Å². The first kappa shape index (κ1) is 17.8. The average molecular weight is 286 g/mol. The van der Waals surface area contributed by atoms with E-state index in [1.165, 1.54) is 16.7 Å².